The number of H-pyrrole nitrogens is 1. The summed E-state index contributed by atoms with van der Waals surface area (Å²) in [6, 6.07) is 15.5. The molecule has 1 atom stereocenters. The number of nitrogens with one attached hydrogen (secondary N) is 3. The minimum atomic E-state index is -0.268. The van der Waals surface area contributed by atoms with E-state index in [1.54, 1.807) is 7.11 Å². The van der Waals surface area contributed by atoms with Crippen LogP contribution in [-0.4, -0.2) is 29.2 Å². The summed E-state index contributed by atoms with van der Waals surface area (Å²) in [5, 5.41) is 6.14. The lowest BCUT2D eigenvalue weighted by Gasteiger charge is -2.20. The van der Waals surface area contributed by atoms with E-state index in [1.165, 1.54) is 0 Å². The zero-order valence-corrected chi connectivity index (χ0v) is 17.0. The predicted octanol–water partition coefficient (Wildman–Crippen LogP) is 4.29. The lowest BCUT2D eigenvalue weighted by molar-refractivity contribution is 0.233. The molecule has 3 aromatic rings. The highest BCUT2D eigenvalue weighted by Gasteiger charge is 2.21. The number of ether oxygens (including phenoxy) is 1. The Hall–Kier alpha value is -2.99. The van der Waals surface area contributed by atoms with Crippen LogP contribution in [0.1, 0.15) is 30.3 Å². The Labute approximate surface area is 176 Å². The lowest BCUT2D eigenvalue weighted by atomic mass is 10.1. The maximum atomic E-state index is 12.6. The molecule has 3 N–H and O–H groups in total. The van der Waals surface area contributed by atoms with Crippen LogP contribution in [0.5, 0.6) is 5.75 Å². The highest BCUT2D eigenvalue weighted by Crippen LogP contribution is 2.21. The zero-order chi connectivity index (χ0) is 19.3. The number of urea groups is 1. The number of para-hydroxylation sites is 2. The summed E-state index contributed by atoms with van der Waals surface area (Å²) in [6.07, 6.45) is 6.57. The number of nitrogens with zero attached hydrogens (tertiary/aromatic N) is 1. The topological polar surface area (TPSA) is 79.0 Å². The molecule has 1 aliphatic carbocycles. The van der Waals surface area contributed by atoms with E-state index in [9.17, 15) is 4.79 Å². The van der Waals surface area contributed by atoms with Gasteiger partial charge in [0.05, 0.1) is 24.2 Å². The molecule has 1 aromatic heterocycles. The molecule has 0 aliphatic heterocycles. The Balaban J connectivity index is 0.00000240. The van der Waals surface area contributed by atoms with Crippen molar-refractivity contribution in [2.45, 2.75) is 31.3 Å². The number of hydrogen-bond acceptors (Lipinski definition) is 3. The number of aromatic amines is 1. The fourth-order valence-electron chi connectivity index (χ4n) is 3.47. The monoisotopic (exact) mass is 412 g/mol. The molecule has 2 amide bonds. The van der Waals surface area contributed by atoms with Crippen molar-refractivity contribution in [1.82, 2.24) is 20.6 Å². The summed E-state index contributed by atoms with van der Waals surface area (Å²) in [5.41, 5.74) is 2.94. The summed E-state index contributed by atoms with van der Waals surface area (Å²) in [4.78, 5) is 20.6. The molecule has 7 heteroatoms. The van der Waals surface area contributed by atoms with Crippen LogP contribution in [0.4, 0.5) is 4.79 Å². The highest BCUT2D eigenvalue weighted by atomic mass is 35.5. The molecule has 1 aliphatic rings. The highest BCUT2D eigenvalue weighted by molar-refractivity contribution is 5.85. The third-order valence-corrected chi connectivity index (χ3v) is 4.99. The minimum Gasteiger partial charge on any atom is -0.497 e. The van der Waals surface area contributed by atoms with Gasteiger partial charge in [-0.3, -0.25) is 0 Å². The summed E-state index contributed by atoms with van der Waals surface area (Å²) in [6.45, 7) is 0. The molecule has 1 heterocycles. The van der Waals surface area contributed by atoms with Gasteiger partial charge in [-0.05, 0) is 49.1 Å². The van der Waals surface area contributed by atoms with Crippen LogP contribution >= 0.6 is 12.4 Å². The molecule has 4 rings (SSSR count). The first-order valence-electron chi connectivity index (χ1n) is 9.51. The van der Waals surface area contributed by atoms with Crippen molar-refractivity contribution in [1.29, 1.82) is 0 Å². The standard InChI is InChI=1S/C22H24N4O2.ClH/c1-28-17-12-10-15(11-13-17)14-20(26-22(27)23-16-6-2-3-7-16)21-24-18-8-4-5-9-19(18)25-21;/h2-5,8-13,16,20H,6-7,14H2,1H3,(H,24,25)(H2,23,26,27);1H. The fraction of sp³-hybridized carbons (Fsp3) is 0.273. The summed E-state index contributed by atoms with van der Waals surface area (Å²) >= 11 is 0. The fourth-order valence-corrected chi connectivity index (χ4v) is 3.47. The van der Waals surface area contributed by atoms with Gasteiger partial charge in [-0.1, -0.05) is 36.4 Å². The average Bonchev–Trinajstić information content (AvgIpc) is 3.37. The number of aromatic nitrogens is 2. The van der Waals surface area contributed by atoms with Crippen LogP contribution < -0.4 is 15.4 Å². The van der Waals surface area contributed by atoms with E-state index >= 15 is 0 Å². The first-order chi connectivity index (χ1) is 13.7. The van der Waals surface area contributed by atoms with Crippen molar-refractivity contribution < 1.29 is 9.53 Å². The second-order valence-corrected chi connectivity index (χ2v) is 7.00. The average molecular weight is 413 g/mol. The van der Waals surface area contributed by atoms with Gasteiger partial charge in [0.1, 0.15) is 11.6 Å². The van der Waals surface area contributed by atoms with Gasteiger partial charge in [0.25, 0.3) is 0 Å². The van der Waals surface area contributed by atoms with Gasteiger partial charge >= 0.3 is 6.03 Å². The second kappa shape index (κ2) is 9.47. The molecule has 0 radical (unpaired) electrons. The predicted molar refractivity (Wildman–Crippen MR) is 117 cm³/mol. The quantitative estimate of drug-likeness (QED) is 0.528. The van der Waals surface area contributed by atoms with E-state index < -0.39 is 0 Å². The number of methoxy groups -OCH3 is 1. The molecular weight excluding hydrogens is 388 g/mol. The van der Waals surface area contributed by atoms with Crippen molar-refractivity contribution >= 4 is 29.5 Å². The number of amides is 2. The van der Waals surface area contributed by atoms with Crippen molar-refractivity contribution in [2.24, 2.45) is 0 Å². The van der Waals surface area contributed by atoms with Crippen LogP contribution in [0.3, 0.4) is 0 Å². The number of carbonyl (C=O) groups is 1. The molecule has 0 fully saturated rings. The van der Waals surface area contributed by atoms with Gasteiger partial charge in [0.2, 0.25) is 0 Å². The lowest BCUT2D eigenvalue weighted by Crippen LogP contribution is -2.43. The van der Waals surface area contributed by atoms with E-state index in [1.807, 2.05) is 48.5 Å². The van der Waals surface area contributed by atoms with E-state index in [-0.39, 0.29) is 30.5 Å². The smallest absolute Gasteiger partial charge is 0.315 e. The van der Waals surface area contributed by atoms with Crippen LogP contribution in [0, 0.1) is 0 Å². The first-order valence-corrected chi connectivity index (χ1v) is 9.51. The Bertz CT molecular complexity index is 943. The molecule has 0 saturated heterocycles. The molecule has 0 spiro atoms. The van der Waals surface area contributed by atoms with Gasteiger partial charge in [-0.2, -0.15) is 0 Å². The Morgan fingerprint density at radius 3 is 2.59 bits per heavy atom. The van der Waals surface area contributed by atoms with Crippen molar-refractivity contribution in [2.75, 3.05) is 7.11 Å². The minimum absolute atomic E-state index is 0. The van der Waals surface area contributed by atoms with Gasteiger partial charge in [0, 0.05) is 6.04 Å². The van der Waals surface area contributed by atoms with Gasteiger partial charge in [0.15, 0.2) is 0 Å². The van der Waals surface area contributed by atoms with Crippen LogP contribution in [0.25, 0.3) is 11.0 Å². The Morgan fingerprint density at radius 1 is 1.17 bits per heavy atom. The van der Waals surface area contributed by atoms with Crippen LogP contribution in [0.2, 0.25) is 0 Å². The van der Waals surface area contributed by atoms with E-state index in [2.05, 4.69) is 27.8 Å². The molecule has 2 aromatic carbocycles. The van der Waals surface area contributed by atoms with Crippen molar-refractivity contribution in [3.8, 4) is 5.75 Å². The van der Waals surface area contributed by atoms with Crippen LogP contribution in [0.15, 0.2) is 60.7 Å². The normalized spacial score (nSPS) is 14.4. The second-order valence-electron chi connectivity index (χ2n) is 7.00. The number of carbonyl (C=O) groups excluding carboxylic acids is 1. The van der Waals surface area contributed by atoms with Gasteiger partial charge in [-0.15, -0.1) is 12.4 Å². The SMILES string of the molecule is COc1ccc(CC(NC(=O)NC2CC=CC2)c2nc3ccccc3[nH]2)cc1.Cl. The molecule has 29 heavy (non-hydrogen) atoms. The Morgan fingerprint density at radius 2 is 1.90 bits per heavy atom. The van der Waals surface area contributed by atoms with Crippen molar-refractivity contribution in [3.05, 3.63) is 72.1 Å². The maximum Gasteiger partial charge on any atom is 0.315 e. The maximum absolute atomic E-state index is 12.6. The van der Waals surface area contributed by atoms with Crippen molar-refractivity contribution in [3.63, 3.8) is 0 Å². The molecule has 0 bridgehead atoms. The third-order valence-electron chi connectivity index (χ3n) is 4.99. The van der Waals surface area contributed by atoms with Gasteiger partial charge < -0.3 is 20.4 Å². The molecule has 6 nitrogen and oxygen atoms in total. The first kappa shape index (κ1) is 20.7. The zero-order valence-electron chi connectivity index (χ0n) is 16.2. The van der Waals surface area contributed by atoms with E-state index in [4.69, 9.17) is 9.72 Å². The number of rotatable bonds is 6. The Kier molecular flexibility index (Phi) is 6.77. The number of fused-ring (bicyclic) bond motifs is 1. The molecule has 1 unspecified atom stereocenters. The summed E-state index contributed by atoms with van der Waals surface area (Å²) in [5.74, 6) is 1.56. The summed E-state index contributed by atoms with van der Waals surface area (Å²) in [7, 11) is 1.65. The number of benzene rings is 2. The largest absolute Gasteiger partial charge is 0.497 e. The van der Waals surface area contributed by atoms with E-state index in [0.29, 0.717) is 6.42 Å². The number of imidazole rings is 1. The van der Waals surface area contributed by atoms with Gasteiger partial charge in [-0.25, -0.2) is 9.78 Å². The summed E-state index contributed by atoms with van der Waals surface area (Å²) < 4.78 is 5.23. The van der Waals surface area contributed by atoms with Crippen LogP contribution in [-0.2, 0) is 6.42 Å². The number of halogens is 1. The molecule has 0 saturated carbocycles. The number of hydrogen-bond donors (Lipinski definition) is 3. The third kappa shape index (κ3) is 5.09. The molecular formula is C22H25ClN4O2. The molecule has 152 valence electrons. The van der Waals surface area contributed by atoms with E-state index in [0.717, 1.165) is 41.0 Å².